The van der Waals surface area contributed by atoms with Crippen molar-refractivity contribution in [2.24, 2.45) is 40.2 Å². The van der Waals surface area contributed by atoms with Gasteiger partial charge >= 0.3 is 0 Å². The number of phenols is 1. The molecule has 1 amide bonds. The van der Waals surface area contributed by atoms with E-state index in [9.17, 15) is 39.9 Å². The van der Waals surface area contributed by atoms with Crippen molar-refractivity contribution in [3.05, 3.63) is 24.3 Å². The Morgan fingerprint density at radius 2 is 1.67 bits per heavy atom. The van der Waals surface area contributed by atoms with Crippen LogP contribution in [-0.2, 0) is 9.59 Å². The van der Waals surface area contributed by atoms with Crippen LogP contribution in [0.2, 0.25) is 0 Å². The quantitative estimate of drug-likeness (QED) is 0.195. The van der Waals surface area contributed by atoms with Crippen LogP contribution >= 0.6 is 45.2 Å². The second-order valence-corrected chi connectivity index (χ2v) is 13.6. The van der Waals surface area contributed by atoms with Gasteiger partial charge in [-0.2, -0.15) is 0 Å². The van der Waals surface area contributed by atoms with Gasteiger partial charge in [0.2, 0.25) is 5.91 Å². The molecule has 1 aromatic carbocycles. The summed E-state index contributed by atoms with van der Waals surface area (Å²) < 4.78 is 1.10. The predicted molar refractivity (Wildman–Crippen MR) is 145 cm³/mol. The summed E-state index contributed by atoms with van der Waals surface area (Å²) in [6.45, 7) is 8.26. The largest absolute Gasteiger partial charge is 0.506 e. The van der Waals surface area contributed by atoms with Crippen molar-refractivity contribution in [2.45, 2.75) is 64.4 Å². The number of carbonyl (C=O) groups excluding carboxylic acids is 3. The maximum Gasteiger partial charge on any atom is 0.230 e. The van der Waals surface area contributed by atoms with Crippen LogP contribution in [0.1, 0.15) is 56.5 Å². The summed E-state index contributed by atoms with van der Waals surface area (Å²) in [5.41, 5.74) is -0.0793. The second kappa shape index (κ2) is 8.57. The Hall–Kier alpha value is -0.870. The first kappa shape index (κ1) is 28.1. The number of halogens is 2. The molecule has 0 aliphatic heterocycles. The van der Waals surface area contributed by atoms with Gasteiger partial charge in [-0.05, 0) is 74.6 Å². The number of hydrogen-bond donors (Lipinski definition) is 6. The Morgan fingerprint density at radius 3 is 2.17 bits per heavy atom. The molecule has 0 saturated heterocycles. The van der Waals surface area contributed by atoms with Gasteiger partial charge in [0.25, 0.3) is 0 Å². The van der Waals surface area contributed by atoms with Crippen molar-refractivity contribution >= 4 is 62.7 Å². The summed E-state index contributed by atoms with van der Waals surface area (Å²) in [6.07, 6.45) is -5.24. The molecule has 10 atom stereocenters. The third-order valence-electron chi connectivity index (χ3n) is 9.62. The monoisotopic (exact) mass is 727 g/mol. The van der Waals surface area contributed by atoms with Crippen LogP contribution in [0.25, 0.3) is 0 Å². The van der Waals surface area contributed by atoms with Crippen LogP contribution in [0.3, 0.4) is 0 Å². The van der Waals surface area contributed by atoms with Crippen LogP contribution < -0.4 is 5.73 Å². The van der Waals surface area contributed by atoms with E-state index < -0.39 is 81.8 Å². The Bertz CT molecular complexity index is 1190. The molecule has 2 saturated carbocycles. The molecule has 0 heterocycles. The zero-order chi connectivity index (χ0) is 27.4. The van der Waals surface area contributed by atoms with E-state index in [-0.39, 0.29) is 11.3 Å². The average Bonchev–Trinajstić information content (AvgIpc) is 2.76. The van der Waals surface area contributed by atoms with E-state index in [4.69, 9.17) is 5.73 Å². The minimum atomic E-state index is -2.78. The molecule has 4 rings (SSSR count). The lowest BCUT2D eigenvalue weighted by Gasteiger charge is -2.69. The van der Waals surface area contributed by atoms with Gasteiger partial charge in [0.1, 0.15) is 17.8 Å². The number of phenolic OH excluding ortho intramolecular Hbond substituents is 1. The molecule has 9 nitrogen and oxygen atoms in total. The first-order chi connectivity index (χ1) is 16.4. The molecule has 7 N–H and O–H groups in total. The normalized spacial score (nSPS) is 44.2. The van der Waals surface area contributed by atoms with E-state index in [2.05, 4.69) is 22.6 Å². The third-order valence-corrected chi connectivity index (χ3v) is 11.3. The summed E-state index contributed by atoms with van der Waals surface area (Å²) >= 11 is 3.95. The van der Waals surface area contributed by atoms with E-state index in [0.29, 0.717) is 12.7 Å². The summed E-state index contributed by atoms with van der Waals surface area (Å²) in [5.74, 6) is -8.79. The molecule has 0 radical (unpaired) electrons. The van der Waals surface area contributed by atoms with Crippen molar-refractivity contribution in [2.75, 3.05) is 0 Å². The molecule has 3 aliphatic rings. The van der Waals surface area contributed by atoms with Crippen LogP contribution in [0.4, 0.5) is 0 Å². The summed E-state index contributed by atoms with van der Waals surface area (Å²) in [5, 5.41) is 58.1. The van der Waals surface area contributed by atoms with Crippen molar-refractivity contribution in [1.29, 1.82) is 0 Å². The van der Waals surface area contributed by atoms with E-state index in [0.717, 1.165) is 0 Å². The summed E-state index contributed by atoms with van der Waals surface area (Å²) in [6, 6.07) is 1.72. The number of carbonyl (C=O) groups is 3. The standard InChI is InChI=1S/C25H31I2NO8/c1-7(2)14-18(31)13(21(28)34)19(32)25(36)20(33)15-17(30)12-11(9(26)6-10(27)16(12)29)8(3)23(15,4)22(35)24(14,25)5/h6-8,13-15,18,20,22,29,31,33,35-36H,1-5H3,(H2,28,34)/t8-,13-,14+,15-,18?,20?,22-,23+,24+,25+/m1/s1. The summed E-state index contributed by atoms with van der Waals surface area (Å²) in [4.78, 5) is 40.0. The van der Waals surface area contributed by atoms with Gasteiger partial charge in [-0.3, -0.25) is 14.4 Å². The zero-order valence-electron chi connectivity index (χ0n) is 20.5. The first-order valence-corrected chi connectivity index (χ1v) is 13.9. The molecule has 198 valence electrons. The first-order valence-electron chi connectivity index (χ1n) is 11.8. The number of aliphatic hydroxyl groups is 4. The highest BCUT2D eigenvalue weighted by atomic mass is 127. The Morgan fingerprint density at radius 1 is 1.11 bits per heavy atom. The van der Waals surface area contributed by atoms with Gasteiger partial charge in [0.05, 0.1) is 27.3 Å². The fourth-order valence-corrected chi connectivity index (χ4v) is 10.0. The third kappa shape index (κ3) is 3.04. The molecule has 2 fully saturated rings. The second-order valence-electron chi connectivity index (χ2n) is 11.3. The number of amides is 1. The highest BCUT2D eigenvalue weighted by molar-refractivity contribution is 14.1. The number of aliphatic hydroxyl groups excluding tert-OH is 3. The van der Waals surface area contributed by atoms with Crippen LogP contribution in [-0.4, -0.2) is 66.9 Å². The van der Waals surface area contributed by atoms with Crippen molar-refractivity contribution in [3.8, 4) is 5.75 Å². The highest BCUT2D eigenvalue weighted by Crippen LogP contribution is 2.68. The number of Topliss-reactive ketones (excluding diaryl/α,β-unsaturated/α-hetero) is 2. The molecular formula is C25H31I2NO8. The number of primary amides is 1. The lowest BCUT2D eigenvalue weighted by Crippen LogP contribution is -2.83. The smallest absolute Gasteiger partial charge is 0.230 e. The Balaban J connectivity index is 2.08. The molecule has 2 unspecified atom stereocenters. The number of hydrogen-bond acceptors (Lipinski definition) is 8. The van der Waals surface area contributed by atoms with Crippen molar-refractivity contribution in [3.63, 3.8) is 0 Å². The molecule has 3 aliphatic carbocycles. The van der Waals surface area contributed by atoms with Gasteiger partial charge in [0.15, 0.2) is 17.2 Å². The molecule has 0 aromatic heterocycles. The van der Waals surface area contributed by atoms with Crippen molar-refractivity contribution in [1.82, 2.24) is 0 Å². The number of ketones is 2. The van der Waals surface area contributed by atoms with E-state index >= 15 is 0 Å². The number of rotatable bonds is 2. The number of benzene rings is 1. The van der Waals surface area contributed by atoms with Gasteiger partial charge in [-0.15, -0.1) is 0 Å². The van der Waals surface area contributed by atoms with E-state index in [1.54, 1.807) is 33.8 Å². The van der Waals surface area contributed by atoms with Gasteiger partial charge in [0, 0.05) is 14.4 Å². The Kier molecular flexibility index (Phi) is 6.70. The fraction of sp³-hybridized carbons (Fsp3) is 0.640. The molecule has 11 heteroatoms. The fourth-order valence-electron chi connectivity index (χ4n) is 7.81. The maximum absolute atomic E-state index is 14.0. The minimum Gasteiger partial charge on any atom is -0.506 e. The van der Waals surface area contributed by atoms with Crippen LogP contribution in [0.5, 0.6) is 5.75 Å². The van der Waals surface area contributed by atoms with Crippen LogP contribution in [0.15, 0.2) is 6.07 Å². The molecule has 1 aromatic rings. The lowest BCUT2D eigenvalue weighted by molar-refractivity contribution is -0.306. The number of fused-ring (bicyclic) bond motifs is 3. The number of aromatic hydroxyl groups is 1. The lowest BCUT2D eigenvalue weighted by atomic mass is 9.36. The van der Waals surface area contributed by atoms with Gasteiger partial charge < -0.3 is 31.3 Å². The number of nitrogens with two attached hydrogens (primary N) is 1. The molecule has 0 bridgehead atoms. The van der Waals surface area contributed by atoms with Gasteiger partial charge in [-0.25, -0.2) is 0 Å². The summed E-state index contributed by atoms with van der Waals surface area (Å²) in [7, 11) is 0. The minimum absolute atomic E-state index is 0.0186. The van der Waals surface area contributed by atoms with Crippen LogP contribution in [0, 0.1) is 41.6 Å². The predicted octanol–water partition coefficient (Wildman–Crippen LogP) is 1.31. The Labute approximate surface area is 236 Å². The molecule has 36 heavy (non-hydrogen) atoms. The zero-order valence-corrected chi connectivity index (χ0v) is 24.8. The maximum atomic E-state index is 14.0. The molecular weight excluding hydrogens is 696 g/mol. The van der Waals surface area contributed by atoms with E-state index in [1.807, 2.05) is 22.6 Å². The van der Waals surface area contributed by atoms with Gasteiger partial charge in [-0.1, -0.05) is 34.6 Å². The van der Waals surface area contributed by atoms with Crippen molar-refractivity contribution < 1.29 is 39.9 Å². The van der Waals surface area contributed by atoms with E-state index in [1.165, 1.54) is 6.92 Å². The highest BCUT2D eigenvalue weighted by Gasteiger charge is 2.80. The molecule has 0 spiro atoms. The average molecular weight is 727 g/mol. The SMILES string of the molecule is CC(C)[C@H]1C(O)[C@@H](C(N)=O)C(=O)[C@]2(O)C(O)[C@H]3C(=O)c4c(O)c(I)cc(I)c4[C@@H](C)[C@]3(C)[C@@H](O)[C@]12C. The topological polar surface area (TPSA) is 178 Å².